The van der Waals surface area contributed by atoms with Crippen molar-refractivity contribution in [1.29, 1.82) is 0 Å². The lowest BCUT2D eigenvalue weighted by atomic mass is 10.1. The molecule has 1 atom stereocenters. The molecule has 1 N–H and O–H groups in total. The van der Waals surface area contributed by atoms with Crippen molar-refractivity contribution in [3.63, 3.8) is 0 Å². The molecule has 1 aliphatic heterocycles. The molecule has 0 amide bonds. The van der Waals surface area contributed by atoms with Crippen LogP contribution in [0.2, 0.25) is 0 Å². The van der Waals surface area contributed by atoms with E-state index in [2.05, 4.69) is 39.4 Å². The number of rotatable bonds is 1. The van der Waals surface area contributed by atoms with Gasteiger partial charge in [0, 0.05) is 4.90 Å². The molecule has 0 spiro atoms. The van der Waals surface area contributed by atoms with E-state index in [0.29, 0.717) is 5.25 Å². The third-order valence-corrected chi connectivity index (χ3v) is 3.86. The van der Waals surface area contributed by atoms with E-state index in [4.69, 9.17) is 0 Å². The molecule has 0 aliphatic carbocycles. The summed E-state index contributed by atoms with van der Waals surface area (Å²) in [5, 5.41) is 7.50. The van der Waals surface area contributed by atoms with Crippen LogP contribution in [0.15, 0.2) is 29.2 Å². The number of thioether (sulfide) groups is 1. The van der Waals surface area contributed by atoms with Gasteiger partial charge in [-0.15, -0.1) is 11.8 Å². The van der Waals surface area contributed by atoms with Crippen LogP contribution in [0.4, 0.5) is 0 Å². The maximum Gasteiger partial charge on any atom is 0.164 e. The van der Waals surface area contributed by atoms with Gasteiger partial charge in [-0.3, -0.25) is 5.10 Å². The van der Waals surface area contributed by atoms with Crippen molar-refractivity contribution in [2.75, 3.05) is 0 Å². The van der Waals surface area contributed by atoms with Crippen LogP contribution in [-0.4, -0.2) is 15.2 Å². The van der Waals surface area contributed by atoms with E-state index in [1.807, 2.05) is 18.7 Å². The second kappa shape index (κ2) is 3.38. The van der Waals surface area contributed by atoms with Crippen molar-refractivity contribution in [2.24, 2.45) is 0 Å². The number of aromatic amines is 1. The molecule has 3 nitrogen and oxygen atoms in total. The number of nitrogens with one attached hydrogen (secondary N) is 1. The summed E-state index contributed by atoms with van der Waals surface area (Å²) < 4.78 is 0. The zero-order valence-electron chi connectivity index (χ0n) is 8.40. The van der Waals surface area contributed by atoms with E-state index in [0.717, 1.165) is 18.1 Å². The van der Waals surface area contributed by atoms with Gasteiger partial charge in [-0.05, 0) is 25.0 Å². The number of hydrogen-bond donors (Lipinski definition) is 1. The average Bonchev–Trinajstić information content (AvgIpc) is 2.82. The molecule has 0 saturated heterocycles. The van der Waals surface area contributed by atoms with Gasteiger partial charge in [-0.2, -0.15) is 5.10 Å². The minimum atomic E-state index is 0.382. The Morgan fingerprint density at radius 3 is 3.00 bits per heavy atom. The predicted molar refractivity (Wildman–Crippen MR) is 59.9 cm³/mol. The van der Waals surface area contributed by atoms with E-state index >= 15 is 0 Å². The van der Waals surface area contributed by atoms with Crippen LogP contribution in [0, 0.1) is 6.92 Å². The summed E-state index contributed by atoms with van der Waals surface area (Å²) >= 11 is 1.86. The van der Waals surface area contributed by atoms with Crippen LogP contribution in [-0.2, 0) is 6.42 Å². The van der Waals surface area contributed by atoms with Crippen LogP contribution < -0.4 is 0 Å². The molecule has 15 heavy (non-hydrogen) atoms. The summed E-state index contributed by atoms with van der Waals surface area (Å²) in [4.78, 5) is 5.75. The summed E-state index contributed by atoms with van der Waals surface area (Å²) in [6, 6.07) is 8.52. The summed E-state index contributed by atoms with van der Waals surface area (Å²) in [7, 11) is 0. The molecule has 0 saturated carbocycles. The number of nitrogens with zero attached hydrogens (tertiary/aromatic N) is 2. The van der Waals surface area contributed by atoms with Crippen molar-refractivity contribution < 1.29 is 0 Å². The number of benzene rings is 1. The molecule has 1 aromatic carbocycles. The quantitative estimate of drug-likeness (QED) is 0.798. The highest BCUT2D eigenvalue weighted by atomic mass is 32.2. The van der Waals surface area contributed by atoms with Gasteiger partial charge in [0.15, 0.2) is 5.82 Å². The van der Waals surface area contributed by atoms with Gasteiger partial charge in [0.1, 0.15) is 5.82 Å². The fourth-order valence-corrected chi connectivity index (χ4v) is 3.07. The molecule has 0 bridgehead atoms. The van der Waals surface area contributed by atoms with E-state index in [9.17, 15) is 0 Å². The van der Waals surface area contributed by atoms with Gasteiger partial charge in [0.25, 0.3) is 0 Å². The largest absolute Gasteiger partial charge is 0.263 e. The summed E-state index contributed by atoms with van der Waals surface area (Å²) in [6.45, 7) is 1.93. The van der Waals surface area contributed by atoms with Gasteiger partial charge in [0.2, 0.25) is 0 Å². The second-order valence-corrected chi connectivity index (χ2v) is 4.94. The highest BCUT2D eigenvalue weighted by Crippen LogP contribution is 2.44. The number of hydrogen-bond acceptors (Lipinski definition) is 3. The van der Waals surface area contributed by atoms with Crippen molar-refractivity contribution >= 4 is 11.8 Å². The van der Waals surface area contributed by atoms with Crippen LogP contribution in [0.3, 0.4) is 0 Å². The number of H-pyrrole nitrogens is 1. The molecule has 0 fully saturated rings. The summed E-state index contributed by atoms with van der Waals surface area (Å²) in [5.74, 6) is 1.82. The van der Waals surface area contributed by atoms with Crippen molar-refractivity contribution in [3.05, 3.63) is 41.5 Å². The molecule has 4 heteroatoms. The van der Waals surface area contributed by atoms with Crippen molar-refractivity contribution in [1.82, 2.24) is 15.2 Å². The molecular formula is C11H11N3S. The van der Waals surface area contributed by atoms with Crippen molar-refractivity contribution in [3.8, 4) is 0 Å². The fraction of sp³-hybridized carbons (Fsp3) is 0.273. The molecule has 2 aromatic rings. The van der Waals surface area contributed by atoms with Gasteiger partial charge in [0.05, 0.1) is 5.25 Å². The number of aryl methyl sites for hydroxylation is 1. The summed E-state index contributed by atoms with van der Waals surface area (Å²) in [5.41, 5.74) is 1.41. The number of fused-ring (bicyclic) bond motifs is 1. The smallest absolute Gasteiger partial charge is 0.164 e. The molecule has 1 unspecified atom stereocenters. The maximum absolute atomic E-state index is 4.39. The minimum Gasteiger partial charge on any atom is -0.263 e. The molecule has 3 rings (SSSR count). The highest BCUT2D eigenvalue weighted by Gasteiger charge is 2.26. The predicted octanol–water partition coefficient (Wildman–Crippen LogP) is 2.50. The lowest BCUT2D eigenvalue weighted by Gasteiger charge is -2.00. The van der Waals surface area contributed by atoms with E-state index < -0.39 is 0 Å². The first-order valence-electron chi connectivity index (χ1n) is 4.96. The molecule has 2 heterocycles. The van der Waals surface area contributed by atoms with Crippen LogP contribution in [0.1, 0.15) is 22.5 Å². The number of aromatic nitrogens is 3. The van der Waals surface area contributed by atoms with Gasteiger partial charge in [-0.25, -0.2) is 4.98 Å². The molecule has 1 aliphatic rings. The van der Waals surface area contributed by atoms with Gasteiger partial charge < -0.3 is 0 Å². The average molecular weight is 217 g/mol. The molecule has 76 valence electrons. The lowest BCUT2D eigenvalue weighted by molar-refractivity contribution is 0.857. The summed E-state index contributed by atoms with van der Waals surface area (Å²) in [6.07, 6.45) is 1.04. The standard InChI is InChI=1S/C11H11N3S/c1-7-12-11(14-13-7)10-6-8-4-2-3-5-9(8)15-10/h2-5,10H,6H2,1H3,(H,12,13,14). The Hall–Kier alpha value is -1.29. The van der Waals surface area contributed by atoms with Crippen LogP contribution in [0.5, 0.6) is 0 Å². The third kappa shape index (κ3) is 1.55. The molecule has 0 radical (unpaired) electrons. The van der Waals surface area contributed by atoms with Crippen LogP contribution in [0.25, 0.3) is 0 Å². The zero-order valence-corrected chi connectivity index (χ0v) is 9.21. The Morgan fingerprint density at radius 2 is 2.27 bits per heavy atom. The van der Waals surface area contributed by atoms with E-state index in [1.165, 1.54) is 10.5 Å². The maximum atomic E-state index is 4.39. The second-order valence-electron chi connectivity index (χ2n) is 3.70. The van der Waals surface area contributed by atoms with Gasteiger partial charge >= 0.3 is 0 Å². The first-order chi connectivity index (χ1) is 7.33. The monoisotopic (exact) mass is 217 g/mol. The minimum absolute atomic E-state index is 0.382. The highest BCUT2D eigenvalue weighted by molar-refractivity contribution is 7.99. The Balaban J connectivity index is 1.90. The Kier molecular flexibility index (Phi) is 2.02. The Morgan fingerprint density at radius 1 is 1.40 bits per heavy atom. The van der Waals surface area contributed by atoms with E-state index in [1.54, 1.807) is 0 Å². The molecule has 1 aromatic heterocycles. The fourth-order valence-electron chi connectivity index (χ4n) is 1.83. The molecular weight excluding hydrogens is 206 g/mol. The third-order valence-electron chi connectivity index (χ3n) is 2.55. The first kappa shape index (κ1) is 8.97. The lowest BCUT2D eigenvalue weighted by Crippen LogP contribution is -1.95. The SMILES string of the molecule is Cc1nc(C2Cc3ccccc3S2)n[nH]1. The van der Waals surface area contributed by atoms with E-state index in [-0.39, 0.29) is 0 Å². The van der Waals surface area contributed by atoms with Crippen LogP contribution >= 0.6 is 11.8 Å². The zero-order chi connectivity index (χ0) is 10.3. The normalized spacial score (nSPS) is 19.1. The van der Waals surface area contributed by atoms with Gasteiger partial charge in [-0.1, -0.05) is 18.2 Å². The first-order valence-corrected chi connectivity index (χ1v) is 5.84. The topological polar surface area (TPSA) is 41.6 Å². The Bertz CT molecular complexity index is 467. The Labute approximate surface area is 92.3 Å². The van der Waals surface area contributed by atoms with Crippen molar-refractivity contribution in [2.45, 2.75) is 23.5 Å².